The summed E-state index contributed by atoms with van der Waals surface area (Å²) in [6.45, 7) is 24.0. The van der Waals surface area contributed by atoms with E-state index in [0.717, 1.165) is 0 Å². The Morgan fingerprint density at radius 2 is 1.45 bits per heavy atom. The Kier molecular flexibility index (Phi) is 12.1. The van der Waals surface area contributed by atoms with Gasteiger partial charge in [0.1, 0.15) is 12.1 Å². The van der Waals surface area contributed by atoms with E-state index in [1.165, 1.54) is 16.3 Å². The molecule has 1 saturated heterocycles. The zero-order valence-electron chi connectivity index (χ0n) is 31.0. The standard InChI is InChI=1S/C33H60N6O7S/c1-15-20(24(40)27(42)34-16-2)35-26(41)23-22-19(33(22,12)13)17-39(23)28(43)25(31(6,7)8)37-29(44)36-21(30(3,4)5)18-38(14)47(45,46)32(9,10)11/h19-23,25H,15-18H2,1-14H3,(H,34,42)(H,35,41)(H2,36,37,44)/t19-,20?,21+,22-,23-,25+/m0/s1. The van der Waals surface area contributed by atoms with Gasteiger partial charge in [0.25, 0.3) is 5.91 Å². The highest BCUT2D eigenvalue weighted by atomic mass is 32.2. The summed E-state index contributed by atoms with van der Waals surface area (Å²) in [6, 6.07) is -4.19. The van der Waals surface area contributed by atoms with E-state index in [4.69, 9.17) is 0 Å². The van der Waals surface area contributed by atoms with Gasteiger partial charge in [-0.15, -0.1) is 0 Å². The maximum absolute atomic E-state index is 14.3. The van der Waals surface area contributed by atoms with Crippen LogP contribution in [0.1, 0.15) is 96.4 Å². The molecular formula is C33H60N6O7S. The number of carbonyl (C=O) groups is 5. The smallest absolute Gasteiger partial charge is 0.315 e. The van der Waals surface area contributed by atoms with Crippen LogP contribution in [-0.4, -0.2) is 103 Å². The summed E-state index contributed by atoms with van der Waals surface area (Å²) in [7, 11) is -2.18. The van der Waals surface area contributed by atoms with Crippen molar-refractivity contribution >= 4 is 39.6 Å². The van der Waals surface area contributed by atoms with Crippen LogP contribution in [0, 0.1) is 28.1 Å². The Hall–Kier alpha value is -2.74. The van der Waals surface area contributed by atoms with Crippen molar-refractivity contribution in [3.05, 3.63) is 0 Å². The molecule has 1 aliphatic heterocycles. The van der Waals surface area contributed by atoms with Gasteiger partial charge in [0.15, 0.2) is 0 Å². The first-order chi connectivity index (χ1) is 21.1. The second kappa shape index (κ2) is 14.0. The highest BCUT2D eigenvalue weighted by Gasteiger charge is 2.70. The third kappa shape index (κ3) is 8.84. The van der Waals surface area contributed by atoms with Crippen molar-refractivity contribution in [3.63, 3.8) is 0 Å². The number of nitrogens with one attached hydrogen (secondary N) is 4. The lowest BCUT2D eigenvalue weighted by atomic mass is 9.85. The number of sulfonamides is 1. The van der Waals surface area contributed by atoms with E-state index in [-0.39, 0.29) is 36.8 Å². The van der Waals surface area contributed by atoms with Crippen LogP contribution in [0.5, 0.6) is 0 Å². The number of amides is 5. The molecule has 13 nitrogen and oxygen atoms in total. The maximum Gasteiger partial charge on any atom is 0.315 e. The molecule has 2 aliphatic rings. The van der Waals surface area contributed by atoms with Gasteiger partial charge in [-0.05, 0) is 62.2 Å². The zero-order valence-corrected chi connectivity index (χ0v) is 31.8. The molecule has 2 fully saturated rings. The largest absolute Gasteiger partial charge is 0.350 e. The number of likely N-dealkylation sites (N-methyl/N-ethyl adjacent to an activating group) is 2. The first-order valence-corrected chi connectivity index (χ1v) is 18.0. The molecule has 0 aromatic rings. The topological polar surface area (TPSA) is 174 Å². The molecule has 1 aliphatic carbocycles. The lowest BCUT2D eigenvalue weighted by Gasteiger charge is -2.39. The Morgan fingerprint density at radius 3 is 1.89 bits per heavy atom. The number of piperidine rings is 1. The predicted molar refractivity (Wildman–Crippen MR) is 182 cm³/mol. The highest BCUT2D eigenvalue weighted by molar-refractivity contribution is 7.90. The van der Waals surface area contributed by atoms with Crippen molar-refractivity contribution in [2.45, 2.75) is 125 Å². The summed E-state index contributed by atoms with van der Waals surface area (Å²) in [5.74, 6) is -2.55. The molecular weight excluding hydrogens is 624 g/mol. The maximum atomic E-state index is 14.3. The van der Waals surface area contributed by atoms with Crippen LogP contribution in [0.25, 0.3) is 0 Å². The minimum absolute atomic E-state index is 0.0189. The van der Waals surface area contributed by atoms with Crippen LogP contribution in [0.4, 0.5) is 4.79 Å². The van der Waals surface area contributed by atoms with Crippen LogP contribution in [0.2, 0.25) is 0 Å². The molecule has 5 amide bonds. The first-order valence-electron chi connectivity index (χ1n) is 16.6. The van der Waals surface area contributed by atoms with Gasteiger partial charge in [0, 0.05) is 32.7 Å². The van der Waals surface area contributed by atoms with Gasteiger partial charge in [-0.2, -0.15) is 0 Å². The van der Waals surface area contributed by atoms with Crippen molar-refractivity contribution < 1.29 is 32.4 Å². The van der Waals surface area contributed by atoms with E-state index in [9.17, 15) is 32.4 Å². The molecule has 2 rings (SSSR count). The number of nitrogens with zero attached hydrogens (tertiary/aromatic N) is 2. The van der Waals surface area contributed by atoms with E-state index in [1.807, 2.05) is 55.4 Å². The molecule has 0 bridgehead atoms. The van der Waals surface area contributed by atoms with Crippen molar-refractivity contribution in [1.82, 2.24) is 30.5 Å². The Morgan fingerprint density at radius 1 is 0.894 bits per heavy atom. The number of carbonyl (C=O) groups excluding carboxylic acids is 5. The van der Waals surface area contributed by atoms with Crippen molar-refractivity contribution in [2.75, 3.05) is 26.7 Å². The van der Waals surface area contributed by atoms with Crippen LogP contribution >= 0.6 is 0 Å². The summed E-state index contributed by atoms with van der Waals surface area (Å²) >= 11 is 0. The van der Waals surface area contributed by atoms with Crippen LogP contribution < -0.4 is 21.3 Å². The molecule has 0 aromatic carbocycles. The number of ketones is 1. The Bertz CT molecular complexity index is 1330. The van der Waals surface area contributed by atoms with Gasteiger partial charge in [-0.25, -0.2) is 17.5 Å². The van der Waals surface area contributed by atoms with Crippen molar-refractivity contribution in [1.29, 1.82) is 0 Å². The minimum atomic E-state index is -3.67. The van der Waals surface area contributed by atoms with Gasteiger partial charge < -0.3 is 26.2 Å². The second-order valence-corrected chi connectivity index (χ2v) is 19.6. The molecule has 0 aromatic heterocycles. The lowest BCUT2D eigenvalue weighted by molar-refractivity contribution is -0.145. The molecule has 4 N–H and O–H groups in total. The fraction of sp³-hybridized carbons (Fsp3) is 0.848. The lowest BCUT2D eigenvalue weighted by Crippen LogP contribution is -2.63. The third-order valence-corrected chi connectivity index (χ3v) is 12.2. The molecule has 0 spiro atoms. The first kappa shape index (κ1) is 40.4. The van der Waals surface area contributed by atoms with E-state index in [0.29, 0.717) is 6.54 Å². The molecule has 270 valence electrons. The van der Waals surface area contributed by atoms with Crippen molar-refractivity contribution in [2.24, 2.45) is 28.1 Å². The minimum Gasteiger partial charge on any atom is -0.350 e. The summed E-state index contributed by atoms with van der Waals surface area (Å²) in [6.07, 6.45) is 0.202. The summed E-state index contributed by atoms with van der Waals surface area (Å²) in [5.41, 5.74) is -1.50. The summed E-state index contributed by atoms with van der Waals surface area (Å²) in [4.78, 5) is 68.1. The zero-order chi connectivity index (χ0) is 36.7. The van der Waals surface area contributed by atoms with E-state index in [2.05, 4.69) is 21.3 Å². The van der Waals surface area contributed by atoms with E-state index in [1.54, 1.807) is 34.6 Å². The average Bonchev–Trinajstić information content (AvgIpc) is 3.24. The number of hydrogen-bond acceptors (Lipinski definition) is 7. The molecule has 0 radical (unpaired) electrons. The molecule has 47 heavy (non-hydrogen) atoms. The molecule has 1 heterocycles. The van der Waals surface area contributed by atoms with Gasteiger partial charge in [0.2, 0.25) is 27.6 Å². The molecule has 1 saturated carbocycles. The number of Topliss-reactive ketones (excluding diaryl/α,β-unsaturated/α-hetero) is 1. The second-order valence-electron chi connectivity index (χ2n) is 16.8. The monoisotopic (exact) mass is 684 g/mol. The summed E-state index contributed by atoms with van der Waals surface area (Å²) in [5, 5.41) is 11.0. The van der Waals surface area contributed by atoms with Crippen LogP contribution in [-0.2, 0) is 29.2 Å². The molecule has 1 unspecified atom stereocenters. The number of urea groups is 1. The van der Waals surface area contributed by atoms with E-state index < -0.39 is 79.3 Å². The van der Waals surface area contributed by atoms with Gasteiger partial charge >= 0.3 is 6.03 Å². The van der Waals surface area contributed by atoms with E-state index >= 15 is 0 Å². The molecule has 6 atom stereocenters. The Balaban J connectivity index is 2.33. The number of likely N-dealkylation sites (tertiary alicyclic amines) is 1. The molecule has 14 heteroatoms. The summed E-state index contributed by atoms with van der Waals surface area (Å²) < 4.78 is 26.4. The third-order valence-electron chi connectivity index (χ3n) is 9.73. The number of hydrogen-bond donors (Lipinski definition) is 4. The normalized spacial score (nSPS) is 22.9. The van der Waals surface area contributed by atoms with Crippen molar-refractivity contribution in [3.8, 4) is 0 Å². The van der Waals surface area contributed by atoms with Gasteiger partial charge in [-0.1, -0.05) is 62.3 Å². The fourth-order valence-electron chi connectivity index (χ4n) is 6.33. The van der Waals surface area contributed by atoms with Gasteiger partial charge in [-0.3, -0.25) is 19.2 Å². The predicted octanol–water partition coefficient (Wildman–Crippen LogP) is 2.26. The number of fused-ring (bicyclic) bond motifs is 1. The highest BCUT2D eigenvalue weighted by Crippen LogP contribution is 2.65. The van der Waals surface area contributed by atoms with Crippen LogP contribution in [0.15, 0.2) is 0 Å². The SMILES string of the molecule is CCNC(=O)C(=O)C(CC)NC(=O)[C@@H]1[C@@H]2[C@H](CN1C(=O)[C@@H](NC(=O)N[C@H](CN(C)S(=O)(=O)C(C)(C)C)C(C)(C)C)C(C)(C)C)C2(C)C. The number of rotatable bonds is 12. The Labute approximate surface area is 282 Å². The van der Waals surface area contributed by atoms with Crippen LogP contribution in [0.3, 0.4) is 0 Å². The fourth-order valence-corrected chi connectivity index (χ4v) is 7.61. The quantitative estimate of drug-likeness (QED) is 0.228. The average molecular weight is 685 g/mol. The van der Waals surface area contributed by atoms with Gasteiger partial charge in [0.05, 0.1) is 10.8 Å².